The van der Waals surface area contributed by atoms with Gasteiger partial charge in [0, 0.05) is 24.7 Å². The molecular weight excluding hydrogens is 292 g/mol. The standard InChI is InChI=1S/C19H22O4/c1-19-9-8-16(20)14(15(19)6-7-18(19)22)11-17(21)12-4-3-5-13(10-12)23-2/h3-5,10,17,21H,6-9,11H2,1-2H3. The van der Waals surface area contributed by atoms with Gasteiger partial charge in [0.25, 0.3) is 0 Å². The van der Waals surface area contributed by atoms with Gasteiger partial charge in [-0.15, -0.1) is 0 Å². The van der Waals surface area contributed by atoms with E-state index in [0.29, 0.717) is 37.0 Å². The van der Waals surface area contributed by atoms with Crippen molar-refractivity contribution in [3.8, 4) is 5.75 Å². The van der Waals surface area contributed by atoms with Gasteiger partial charge in [-0.2, -0.15) is 0 Å². The molecule has 1 saturated carbocycles. The van der Waals surface area contributed by atoms with Crippen LogP contribution in [0, 0.1) is 5.41 Å². The number of fused-ring (bicyclic) bond motifs is 1. The maximum atomic E-state index is 12.4. The van der Waals surface area contributed by atoms with Gasteiger partial charge >= 0.3 is 0 Å². The van der Waals surface area contributed by atoms with Crippen molar-refractivity contribution in [2.45, 2.75) is 45.1 Å². The molecule has 0 spiro atoms. The molecule has 0 aliphatic heterocycles. The molecule has 2 atom stereocenters. The number of Topliss-reactive ketones (excluding diaryl/α,β-unsaturated/α-hetero) is 2. The second-order valence-corrected chi connectivity index (χ2v) is 6.63. The van der Waals surface area contributed by atoms with Crippen LogP contribution in [-0.2, 0) is 9.59 Å². The molecule has 2 aliphatic rings. The van der Waals surface area contributed by atoms with Crippen LogP contribution in [-0.4, -0.2) is 23.8 Å². The molecule has 0 amide bonds. The fourth-order valence-corrected chi connectivity index (χ4v) is 3.81. The number of methoxy groups -OCH3 is 1. The number of aliphatic hydroxyl groups is 1. The molecule has 4 nitrogen and oxygen atoms in total. The smallest absolute Gasteiger partial charge is 0.159 e. The van der Waals surface area contributed by atoms with Crippen LogP contribution >= 0.6 is 0 Å². The summed E-state index contributed by atoms with van der Waals surface area (Å²) >= 11 is 0. The molecule has 1 aromatic rings. The summed E-state index contributed by atoms with van der Waals surface area (Å²) in [5.74, 6) is 0.984. The molecule has 0 radical (unpaired) electrons. The monoisotopic (exact) mass is 314 g/mol. The molecule has 1 aromatic carbocycles. The second kappa shape index (κ2) is 5.93. The predicted octanol–water partition coefficient (Wildman–Crippen LogP) is 3.15. The lowest BCUT2D eigenvalue weighted by atomic mass is 9.71. The van der Waals surface area contributed by atoms with Gasteiger partial charge in [-0.3, -0.25) is 9.59 Å². The summed E-state index contributed by atoms with van der Waals surface area (Å²) < 4.78 is 5.18. The number of ether oxygens (including phenoxy) is 1. The Balaban J connectivity index is 1.91. The van der Waals surface area contributed by atoms with E-state index in [1.54, 1.807) is 13.2 Å². The first-order valence-corrected chi connectivity index (χ1v) is 8.06. The molecule has 0 saturated heterocycles. The Bertz CT molecular complexity index is 688. The first-order chi connectivity index (χ1) is 11.0. The molecule has 0 bridgehead atoms. The van der Waals surface area contributed by atoms with Gasteiger partial charge in [0.2, 0.25) is 0 Å². The van der Waals surface area contributed by atoms with E-state index in [1.807, 2.05) is 25.1 Å². The Kier molecular flexibility index (Phi) is 4.11. The lowest BCUT2D eigenvalue weighted by Crippen LogP contribution is -2.31. The van der Waals surface area contributed by atoms with Gasteiger partial charge in [-0.1, -0.05) is 12.1 Å². The van der Waals surface area contributed by atoms with Crippen LogP contribution in [0.1, 0.15) is 50.7 Å². The van der Waals surface area contributed by atoms with Gasteiger partial charge in [0.1, 0.15) is 11.5 Å². The Labute approximate surface area is 136 Å². The van der Waals surface area contributed by atoms with Crippen molar-refractivity contribution >= 4 is 11.6 Å². The van der Waals surface area contributed by atoms with Crippen LogP contribution in [0.2, 0.25) is 0 Å². The van der Waals surface area contributed by atoms with Gasteiger partial charge in [0.05, 0.1) is 13.2 Å². The third kappa shape index (κ3) is 2.72. The zero-order valence-corrected chi connectivity index (χ0v) is 13.6. The first kappa shape index (κ1) is 15.9. The van der Waals surface area contributed by atoms with E-state index in [1.165, 1.54) is 0 Å². The van der Waals surface area contributed by atoms with E-state index in [9.17, 15) is 14.7 Å². The normalized spacial score (nSPS) is 25.5. The van der Waals surface area contributed by atoms with E-state index in [4.69, 9.17) is 4.74 Å². The Hall–Kier alpha value is -1.94. The van der Waals surface area contributed by atoms with Gasteiger partial charge in [-0.25, -0.2) is 0 Å². The molecule has 122 valence electrons. The van der Waals surface area contributed by atoms with Crippen LogP contribution in [0.5, 0.6) is 5.75 Å². The average Bonchev–Trinajstić information content (AvgIpc) is 2.86. The second-order valence-electron chi connectivity index (χ2n) is 6.63. The van der Waals surface area contributed by atoms with Crippen LogP contribution in [0.3, 0.4) is 0 Å². The summed E-state index contributed by atoms with van der Waals surface area (Å²) in [5.41, 5.74) is 1.86. The molecule has 1 fully saturated rings. The fourth-order valence-electron chi connectivity index (χ4n) is 3.81. The van der Waals surface area contributed by atoms with E-state index in [-0.39, 0.29) is 18.0 Å². The summed E-state index contributed by atoms with van der Waals surface area (Å²) in [6.07, 6.45) is 1.67. The van der Waals surface area contributed by atoms with E-state index >= 15 is 0 Å². The lowest BCUT2D eigenvalue weighted by Gasteiger charge is -2.31. The van der Waals surface area contributed by atoms with Crippen LogP contribution in [0.25, 0.3) is 0 Å². The maximum Gasteiger partial charge on any atom is 0.159 e. The minimum atomic E-state index is -0.769. The number of hydrogen-bond donors (Lipinski definition) is 1. The average molecular weight is 314 g/mol. The molecule has 2 unspecified atom stereocenters. The van der Waals surface area contributed by atoms with E-state index in [2.05, 4.69) is 0 Å². The van der Waals surface area contributed by atoms with Crippen LogP contribution in [0.15, 0.2) is 35.4 Å². The molecule has 23 heavy (non-hydrogen) atoms. The topological polar surface area (TPSA) is 63.6 Å². The largest absolute Gasteiger partial charge is 0.497 e. The predicted molar refractivity (Wildman–Crippen MR) is 86.2 cm³/mol. The highest BCUT2D eigenvalue weighted by Gasteiger charge is 2.46. The Morgan fingerprint density at radius 1 is 1.26 bits per heavy atom. The quantitative estimate of drug-likeness (QED) is 0.927. The number of rotatable bonds is 4. The minimum absolute atomic E-state index is 0.0779. The number of allylic oxidation sites excluding steroid dienone is 1. The maximum absolute atomic E-state index is 12.4. The van der Waals surface area contributed by atoms with Crippen molar-refractivity contribution in [1.82, 2.24) is 0 Å². The number of benzene rings is 1. The number of carbonyl (C=O) groups excluding carboxylic acids is 2. The van der Waals surface area contributed by atoms with Crippen molar-refractivity contribution in [2.75, 3.05) is 7.11 Å². The molecule has 4 heteroatoms. The highest BCUT2D eigenvalue weighted by atomic mass is 16.5. The van der Waals surface area contributed by atoms with Gasteiger partial charge in [0.15, 0.2) is 5.78 Å². The van der Waals surface area contributed by atoms with Crippen molar-refractivity contribution in [2.24, 2.45) is 5.41 Å². The number of carbonyl (C=O) groups is 2. The number of hydrogen-bond acceptors (Lipinski definition) is 4. The first-order valence-electron chi connectivity index (χ1n) is 8.06. The summed E-state index contributed by atoms with van der Waals surface area (Å²) in [7, 11) is 1.58. The third-order valence-electron chi connectivity index (χ3n) is 5.31. The molecule has 1 N–H and O–H groups in total. The molecule has 0 aromatic heterocycles. The molecule has 2 aliphatic carbocycles. The zero-order valence-electron chi connectivity index (χ0n) is 13.6. The molecule has 3 rings (SSSR count). The SMILES string of the molecule is COc1cccc(C(O)CC2=C3CCC(=O)C3(C)CCC2=O)c1. The lowest BCUT2D eigenvalue weighted by molar-refractivity contribution is -0.125. The number of aliphatic hydroxyl groups excluding tert-OH is 1. The highest BCUT2D eigenvalue weighted by molar-refractivity contribution is 6.02. The summed E-state index contributed by atoms with van der Waals surface area (Å²) in [6, 6.07) is 7.24. The zero-order chi connectivity index (χ0) is 16.6. The summed E-state index contributed by atoms with van der Waals surface area (Å²) in [6.45, 7) is 1.95. The van der Waals surface area contributed by atoms with Crippen LogP contribution in [0.4, 0.5) is 0 Å². The fraction of sp³-hybridized carbons (Fsp3) is 0.474. The Morgan fingerprint density at radius 3 is 2.78 bits per heavy atom. The van der Waals surface area contributed by atoms with Crippen LogP contribution < -0.4 is 4.74 Å². The van der Waals surface area contributed by atoms with Crippen molar-refractivity contribution in [3.05, 3.63) is 41.0 Å². The van der Waals surface area contributed by atoms with Crippen molar-refractivity contribution in [1.29, 1.82) is 0 Å². The number of ketones is 2. The highest BCUT2D eigenvalue weighted by Crippen LogP contribution is 2.49. The Morgan fingerprint density at radius 2 is 2.04 bits per heavy atom. The third-order valence-corrected chi connectivity index (χ3v) is 5.31. The van der Waals surface area contributed by atoms with Crippen molar-refractivity contribution in [3.63, 3.8) is 0 Å². The summed E-state index contributed by atoms with van der Waals surface area (Å²) in [5, 5.41) is 10.6. The molecular formula is C19H22O4. The van der Waals surface area contributed by atoms with E-state index in [0.717, 1.165) is 11.1 Å². The van der Waals surface area contributed by atoms with E-state index < -0.39 is 11.5 Å². The summed E-state index contributed by atoms with van der Waals surface area (Å²) in [4.78, 5) is 24.6. The minimum Gasteiger partial charge on any atom is -0.497 e. The van der Waals surface area contributed by atoms with Crippen molar-refractivity contribution < 1.29 is 19.4 Å². The van der Waals surface area contributed by atoms with Gasteiger partial charge < -0.3 is 9.84 Å². The molecule has 0 heterocycles. The van der Waals surface area contributed by atoms with Gasteiger partial charge in [-0.05, 0) is 48.6 Å².